The molecule has 1 aromatic heterocycles. The molecule has 0 radical (unpaired) electrons. The van der Waals surface area contributed by atoms with Gasteiger partial charge in [0.15, 0.2) is 0 Å². The monoisotopic (exact) mass is 428 g/mol. The van der Waals surface area contributed by atoms with E-state index in [1.807, 2.05) is 70.2 Å². The van der Waals surface area contributed by atoms with Crippen LogP contribution in [-0.4, -0.2) is 45.6 Å². The molecule has 6 heteroatoms. The van der Waals surface area contributed by atoms with Crippen molar-refractivity contribution < 1.29 is 9.59 Å². The van der Waals surface area contributed by atoms with Gasteiger partial charge in [0.25, 0.3) is 5.91 Å². The Morgan fingerprint density at radius 3 is 2.56 bits per heavy atom. The fourth-order valence-corrected chi connectivity index (χ4v) is 4.89. The Kier molecular flexibility index (Phi) is 5.75. The number of carbonyl (C=O) groups excluding carboxylic acids is 2. The molecule has 1 N–H and O–H groups in total. The number of nitrogens with one attached hydrogen (secondary N) is 1. The summed E-state index contributed by atoms with van der Waals surface area (Å²) in [5, 5.41) is 7.60. The molecule has 2 fully saturated rings. The largest absolute Gasteiger partial charge is 0.347 e. The number of hydrogen-bond acceptors (Lipinski definition) is 3. The molecule has 1 unspecified atom stereocenters. The van der Waals surface area contributed by atoms with Gasteiger partial charge in [0.1, 0.15) is 0 Å². The third kappa shape index (κ3) is 4.17. The normalized spacial score (nSPS) is 18.8. The average Bonchev–Trinajstić information content (AvgIpc) is 3.61. The first kappa shape index (κ1) is 20.5. The van der Waals surface area contributed by atoms with Crippen molar-refractivity contribution in [1.29, 1.82) is 0 Å². The van der Waals surface area contributed by atoms with Crippen LogP contribution in [0.4, 0.5) is 0 Å². The second-order valence-corrected chi connectivity index (χ2v) is 8.77. The highest BCUT2D eigenvalue weighted by Crippen LogP contribution is 2.28. The first-order valence-corrected chi connectivity index (χ1v) is 11.5. The van der Waals surface area contributed by atoms with Gasteiger partial charge < -0.3 is 10.2 Å². The van der Waals surface area contributed by atoms with Crippen LogP contribution >= 0.6 is 0 Å². The molecule has 1 saturated heterocycles. The second kappa shape index (κ2) is 8.99. The molecule has 3 aromatic rings. The Balaban J connectivity index is 1.27. The van der Waals surface area contributed by atoms with Crippen LogP contribution in [0, 0.1) is 5.92 Å². The van der Waals surface area contributed by atoms with Crippen molar-refractivity contribution in [3.05, 3.63) is 72.4 Å². The number of carbonyl (C=O) groups is 2. The quantitative estimate of drug-likeness (QED) is 0.666. The molecule has 0 bridgehead atoms. The Labute approximate surface area is 188 Å². The maximum atomic E-state index is 13.0. The Morgan fingerprint density at radius 1 is 0.938 bits per heavy atom. The zero-order valence-corrected chi connectivity index (χ0v) is 18.1. The topological polar surface area (TPSA) is 67.2 Å². The molecule has 1 atom stereocenters. The molecule has 164 valence electrons. The maximum Gasteiger partial charge on any atom is 0.251 e. The third-order valence-electron chi connectivity index (χ3n) is 6.60. The number of nitrogens with zero attached hydrogens (tertiary/aromatic N) is 3. The predicted molar refractivity (Wildman–Crippen MR) is 123 cm³/mol. The molecule has 6 nitrogen and oxygen atoms in total. The Morgan fingerprint density at radius 2 is 1.75 bits per heavy atom. The number of hydrogen-bond donors (Lipinski definition) is 1. The predicted octanol–water partition coefficient (Wildman–Crippen LogP) is 4.06. The molecule has 1 aliphatic heterocycles. The number of aromatic nitrogens is 2. The van der Waals surface area contributed by atoms with E-state index < -0.39 is 0 Å². The van der Waals surface area contributed by atoms with E-state index in [4.69, 9.17) is 0 Å². The first-order valence-electron chi connectivity index (χ1n) is 11.5. The summed E-state index contributed by atoms with van der Waals surface area (Å²) in [6.07, 6.45) is 6.91. The van der Waals surface area contributed by atoms with E-state index in [1.54, 1.807) is 6.20 Å². The van der Waals surface area contributed by atoms with E-state index in [-0.39, 0.29) is 23.8 Å². The summed E-state index contributed by atoms with van der Waals surface area (Å²) in [5.41, 5.74) is 3.47. The van der Waals surface area contributed by atoms with Gasteiger partial charge in [0.2, 0.25) is 5.91 Å². The molecule has 2 aliphatic rings. The fraction of sp³-hybridized carbons (Fsp3) is 0.346. The average molecular weight is 429 g/mol. The lowest BCUT2D eigenvalue weighted by Crippen LogP contribution is -2.39. The van der Waals surface area contributed by atoms with Crippen molar-refractivity contribution in [1.82, 2.24) is 20.0 Å². The first-order chi connectivity index (χ1) is 15.7. The van der Waals surface area contributed by atoms with E-state index in [9.17, 15) is 9.59 Å². The Bertz CT molecular complexity index is 1100. The zero-order valence-electron chi connectivity index (χ0n) is 18.1. The van der Waals surface area contributed by atoms with Crippen LogP contribution in [0.15, 0.2) is 66.9 Å². The zero-order chi connectivity index (χ0) is 21.9. The molecule has 2 heterocycles. The maximum absolute atomic E-state index is 13.0. The fourth-order valence-electron chi connectivity index (χ4n) is 4.89. The molecule has 1 aliphatic carbocycles. The number of amides is 2. The van der Waals surface area contributed by atoms with Gasteiger partial charge in [-0.15, -0.1) is 0 Å². The van der Waals surface area contributed by atoms with Crippen molar-refractivity contribution >= 4 is 11.8 Å². The highest BCUT2D eigenvalue weighted by atomic mass is 16.2. The van der Waals surface area contributed by atoms with E-state index >= 15 is 0 Å². The van der Waals surface area contributed by atoms with E-state index in [0.29, 0.717) is 12.1 Å². The van der Waals surface area contributed by atoms with Crippen LogP contribution in [0.25, 0.3) is 16.9 Å². The smallest absolute Gasteiger partial charge is 0.251 e. The van der Waals surface area contributed by atoms with Crippen molar-refractivity contribution in [3.8, 4) is 16.9 Å². The molecule has 32 heavy (non-hydrogen) atoms. The minimum Gasteiger partial charge on any atom is -0.347 e. The third-order valence-corrected chi connectivity index (χ3v) is 6.60. The van der Waals surface area contributed by atoms with Gasteiger partial charge in [-0.3, -0.25) is 9.59 Å². The lowest BCUT2D eigenvalue weighted by Gasteiger charge is -2.20. The van der Waals surface area contributed by atoms with E-state index in [1.165, 1.54) is 0 Å². The van der Waals surface area contributed by atoms with Crippen LogP contribution < -0.4 is 5.32 Å². The van der Waals surface area contributed by atoms with Crippen LogP contribution in [-0.2, 0) is 4.79 Å². The van der Waals surface area contributed by atoms with Crippen molar-refractivity contribution in [2.75, 3.05) is 13.1 Å². The second-order valence-electron chi connectivity index (χ2n) is 8.77. The van der Waals surface area contributed by atoms with Gasteiger partial charge in [-0.25, -0.2) is 4.68 Å². The van der Waals surface area contributed by atoms with Crippen molar-refractivity contribution in [2.24, 2.45) is 5.92 Å². The van der Waals surface area contributed by atoms with Crippen LogP contribution in [0.3, 0.4) is 0 Å². The van der Waals surface area contributed by atoms with Crippen LogP contribution in [0.2, 0.25) is 0 Å². The van der Waals surface area contributed by atoms with Gasteiger partial charge in [0, 0.05) is 36.2 Å². The molecule has 2 aromatic carbocycles. The summed E-state index contributed by atoms with van der Waals surface area (Å²) < 4.78 is 1.85. The van der Waals surface area contributed by atoms with Gasteiger partial charge in [-0.2, -0.15) is 5.10 Å². The molecule has 5 rings (SSSR count). The van der Waals surface area contributed by atoms with Gasteiger partial charge >= 0.3 is 0 Å². The van der Waals surface area contributed by atoms with Gasteiger partial charge in [0.05, 0.1) is 17.6 Å². The number of benzene rings is 2. The van der Waals surface area contributed by atoms with Gasteiger partial charge in [-0.1, -0.05) is 49.2 Å². The molecule has 2 amide bonds. The van der Waals surface area contributed by atoms with Crippen molar-refractivity contribution in [2.45, 2.75) is 38.1 Å². The summed E-state index contributed by atoms with van der Waals surface area (Å²) in [6, 6.07) is 19.6. The lowest BCUT2D eigenvalue weighted by molar-refractivity contribution is -0.134. The summed E-state index contributed by atoms with van der Waals surface area (Å²) in [5.74, 6) is 0.350. The van der Waals surface area contributed by atoms with Crippen LogP contribution in [0.1, 0.15) is 42.5 Å². The van der Waals surface area contributed by atoms with E-state index in [2.05, 4.69) is 10.4 Å². The Hall–Kier alpha value is -3.41. The standard InChI is InChI=1S/C26H28N4O2/c31-25(28-22-14-16-29(18-22)26(32)20-9-4-5-10-20)21-11-6-12-23(17-21)30-24(13-15-27-30)19-7-2-1-3-8-19/h1-3,6-8,11-13,15,17,20,22H,4-5,9-10,14,16,18H2,(H,28,31). The molecular formula is C26H28N4O2. The highest BCUT2D eigenvalue weighted by molar-refractivity contribution is 5.95. The van der Waals surface area contributed by atoms with Crippen molar-refractivity contribution in [3.63, 3.8) is 0 Å². The molecular weight excluding hydrogens is 400 g/mol. The summed E-state index contributed by atoms with van der Waals surface area (Å²) in [6.45, 7) is 1.34. The lowest BCUT2D eigenvalue weighted by atomic mass is 10.1. The summed E-state index contributed by atoms with van der Waals surface area (Å²) in [7, 11) is 0. The SMILES string of the molecule is O=C(NC1CCN(C(=O)C2CCCC2)C1)c1cccc(-n2nccc2-c2ccccc2)c1. The van der Waals surface area contributed by atoms with Crippen LogP contribution in [0.5, 0.6) is 0 Å². The molecule has 0 spiro atoms. The highest BCUT2D eigenvalue weighted by Gasteiger charge is 2.32. The number of likely N-dealkylation sites (tertiary alicyclic amines) is 1. The minimum absolute atomic E-state index is 0.00101. The van der Waals surface area contributed by atoms with Gasteiger partial charge in [-0.05, 0) is 43.5 Å². The number of rotatable bonds is 5. The summed E-state index contributed by atoms with van der Waals surface area (Å²) >= 11 is 0. The minimum atomic E-state index is -0.111. The van der Waals surface area contributed by atoms with E-state index in [0.717, 1.165) is 55.6 Å². The molecule has 1 saturated carbocycles. The summed E-state index contributed by atoms with van der Waals surface area (Å²) in [4.78, 5) is 27.6.